The van der Waals surface area contributed by atoms with Crippen LogP contribution in [-0.2, 0) is 20.7 Å². The van der Waals surface area contributed by atoms with Gasteiger partial charge in [-0.25, -0.2) is 4.39 Å². The maximum atomic E-state index is 12.7. The highest BCUT2D eigenvalue weighted by Gasteiger charge is 2.64. The number of amides is 2. The number of hydrogen-bond acceptors (Lipinski definition) is 3. The molecule has 1 heterocycles. The summed E-state index contributed by atoms with van der Waals surface area (Å²) in [5, 5.41) is 0. The van der Waals surface area contributed by atoms with Gasteiger partial charge in [0.2, 0.25) is 5.91 Å². The zero-order valence-corrected chi connectivity index (χ0v) is 8.85. The first-order valence-electron chi connectivity index (χ1n) is 4.97. The largest absolute Gasteiger partial charge is 0.367 e. The average Bonchev–Trinajstić information content (AvgIpc) is 2.98. The first-order valence-corrected chi connectivity index (χ1v) is 4.97. The topological polar surface area (TPSA) is 98.7 Å². The molecule has 0 saturated carbocycles. The van der Waals surface area contributed by atoms with Gasteiger partial charge in [-0.1, -0.05) is 12.1 Å². The van der Waals surface area contributed by atoms with Gasteiger partial charge in [0.05, 0.1) is 0 Å². The van der Waals surface area contributed by atoms with E-state index in [1.54, 1.807) is 0 Å². The molecule has 0 radical (unpaired) electrons. The molecule has 0 spiro atoms. The number of primary amides is 2. The molecule has 2 rings (SSSR count). The third kappa shape index (κ3) is 1.99. The molecule has 1 aliphatic rings. The Balaban J connectivity index is 2.19. The minimum absolute atomic E-state index is 0.107. The first-order chi connectivity index (χ1) is 7.95. The van der Waals surface area contributed by atoms with Crippen LogP contribution in [0.2, 0.25) is 0 Å². The first kappa shape index (κ1) is 11.5. The van der Waals surface area contributed by atoms with E-state index in [2.05, 4.69) is 0 Å². The maximum Gasteiger partial charge on any atom is 0.253 e. The highest BCUT2D eigenvalue weighted by Crippen LogP contribution is 2.39. The number of nitrogens with two attached hydrogens (primary N) is 2. The summed E-state index contributed by atoms with van der Waals surface area (Å²) in [4.78, 5) is 22.2. The van der Waals surface area contributed by atoms with Crippen LogP contribution in [0.4, 0.5) is 4.39 Å². The molecule has 17 heavy (non-hydrogen) atoms. The van der Waals surface area contributed by atoms with E-state index < -0.39 is 23.5 Å². The highest BCUT2D eigenvalue weighted by molar-refractivity contribution is 5.97. The lowest BCUT2D eigenvalue weighted by molar-refractivity contribution is -0.124. The molecule has 90 valence electrons. The summed E-state index contributed by atoms with van der Waals surface area (Å²) in [5.74, 6) is -1.86. The summed E-state index contributed by atoms with van der Waals surface area (Å²) in [7, 11) is 0. The van der Waals surface area contributed by atoms with Crippen LogP contribution in [0.25, 0.3) is 0 Å². The molecule has 5 nitrogen and oxygen atoms in total. The quantitative estimate of drug-likeness (QED) is 0.690. The lowest BCUT2D eigenvalue weighted by atomic mass is 9.95. The number of carbonyl (C=O) groups is 2. The summed E-state index contributed by atoms with van der Waals surface area (Å²) in [6.07, 6.45) is -0.888. The van der Waals surface area contributed by atoms with Gasteiger partial charge in [0.15, 0.2) is 11.7 Å². The third-order valence-electron chi connectivity index (χ3n) is 2.75. The molecular formula is C11H11FN2O3. The molecule has 1 aromatic rings. The van der Waals surface area contributed by atoms with Gasteiger partial charge in [-0.2, -0.15) is 0 Å². The van der Waals surface area contributed by atoms with Crippen LogP contribution in [0, 0.1) is 5.82 Å². The van der Waals surface area contributed by atoms with E-state index in [-0.39, 0.29) is 12.2 Å². The Morgan fingerprint density at radius 1 is 1.29 bits per heavy atom. The summed E-state index contributed by atoms with van der Waals surface area (Å²) >= 11 is 0. The monoisotopic (exact) mass is 238 g/mol. The fraction of sp³-hybridized carbons (Fsp3) is 0.273. The van der Waals surface area contributed by atoms with Crippen LogP contribution >= 0.6 is 0 Å². The Bertz CT molecular complexity index is 474. The second-order valence-electron chi connectivity index (χ2n) is 3.96. The van der Waals surface area contributed by atoms with Crippen molar-refractivity contribution in [1.82, 2.24) is 0 Å². The van der Waals surface area contributed by atoms with Crippen molar-refractivity contribution < 1.29 is 18.7 Å². The standard InChI is InChI=1S/C11H11FN2O3/c12-7-3-1-6(2-4-7)5-11(10(14)16)8(17-11)9(13)15/h1-4,8H,5H2,(H2,13,15)(H2,14,16). The van der Waals surface area contributed by atoms with Gasteiger partial charge in [-0.05, 0) is 17.7 Å². The lowest BCUT2D eigenvalue weighted by Crippen LogP contribution is -2.40. The van der Waals surface area contributed by atoms with Crippen LogP contribution in [-0.4, -0.2) is 23.5 Å². The second kappa shape index (κ2) is 3.81. The van der Waals surface area contributed by atoms with Gasteiger partial charge in [-0.3, -0.25) is 9.59 Å². The fourth-order valence-corrected chi connectivity index (χ4v) is 1.78. The van der Waals surface area contributed by atoms with Crippen molar-refractivity contribution in [3.63, 3.8) is 0 Å². The van der Waals surface area contributed by atoms with E-state index in [0.29, 0.717) is 5.56 Å². The van der Waals surface area contributed by atoms with Gasteiger partial charge in [0.25, 0.3) is 5.91 Å². The van der Waals surface area contributed by atoms with Crippen LogP contribution in [0.1, 0.15) is 5.56 Å². The van der Waals surface area contributed by atoms with Crippen molar-refractivity contribution in [1.29, 1.82) is 0 Å². The second-order valence-corrected chi connectivity index (χ2v) is 3.96. The van der Waals surface area contributed by atoms with E-state index >= 15 is 0 Å². The summed E-state index contributed by atoms with van der Waals surface area (Å²) < 4.78 is 17.7. The molecule has 0 bridgehead atoms. The SMILES string of the molecule is NC(=O)C1OC1(Cc1ccc(F)cc1)C(N)=O. The van der Waals surface area contributed by atoms with Crippen molar-refractivity contribution in [2.24, 2.45) is 11.5 Å². The molecule has 0 aromatic heterocycles. The van der Waals surface area contributed by atoms with E-state index in [0.717, 1.165) is 0 Å². The molecule has 1 aromatic carbocycles. The van der Waals surface area contributed by atoms with Crippen LogP contribution < -0.4 is 11.5 Å². The van der Waals surface area contributed by atoms with E-state index in [1.165, 1.54) is 24.3 Å². The molecular weight excluding hydrogens is 227 g/mol. The highest BCUT2D eigenvalue weighted by atomic mass is 19.1. The number of halogens is 1. The molecule has 0 aliphatic carbocycles. The maximum absolute atomic E-state index is 12.7. The minimum Gasteiger partial charge on any atom is -0.367 e. The van der Waals surface area contributed by atoms with Gasteiger partial charge in [0.1, 0.15) is 5.82 Å². The number of hydrogen-bond donors (Lipinski definition) is 2. The molecule has 1 fully saturated rings. The smallest absolute Gasteiger partial charge is 0.253 e. The molecule has 2 atom stereocenters. The molecule has 6 heteroatoms. The number of ether oxygens (including phenoxy) is 1. The van der Waals surface area contributed by atoms with Crippen molar-refractivity contribution in [2.45, 2.75) is 18.1 Å². The van der Waals surface area contributed by atoms with Gasteiger partial charge in [0, 0.05) is 6.42 Å². The Morgan fingerprint density at radius 3 is 2.29 bits per heavy atom. The zero-order valence-electron chi connectivity index (χ0n) is 8.85. The number of carbonyl (C=O) groups excluding carboxylic acids is 2. The molecule has 1 saturated heterocycles. The number of rotatable bonds is 4. The fourth-order valence-electron chi connectivity index (χ4n) is 1.78. The normalized spacial score (nSPS) is 26.5. The number of benzene rings is 1. The van der Waals surface area contributed by atoms with Crippen LogP contribution in [0.3, 0.4) is 0 Å². The van der Waals surface area contributed by atoms with Crippen LogP contribution in [0.5, 0.6) is 0 Å². The van der Waals surface area contributed by atoms with E-state index in [1.807, 2.05) is 0 Å². The Labute approximate surface area is 96.5 Å². The molecule has 2 amide bonds. The number of epoxide rings is 1. The van der Waals surface area contributed by atoms with Gasteiger partial charge >= 0.3 is 0 Å². The summed E-state index contributed by atoms with van der Waals surface area (Å²) in [6, 6.07) is 5.51. The van der Waals surface area contributed by atoms with E-state index in [4.69, 9.17) is 16.2 Å². The molecule has 2 unspecified atom stereocenters. The molecule has 4 N–H and O–H groups in total. The Kier molecular flexibility index (Phi) is 2.59. The Hall–Kier alpha value is -1.95. The predicted molar refractivity (Wildman–Crippen MR) is 56.1 cm³/mol. The minimum atomic E-state index is -1.37. The van der Waals surface area contributed by atoms with E-state index in [9.17, 15) is 14.0 Å². The van der Waals surface area contributed by atoms with Gasteiger partial charge in [-0.15, -0.1) is 0 Å². The van der Waals surface area contributed by atoms with Gasteiger partial charge < -0.3 is 16.2 Å². The van der Waals surface area contributed by atoms with Crippen LogP contribution in [0.15, 0.2) is 24.3 Å². The van der Waals surface area contributed by atoms with Crippen molar-refractivity contribution in [3.05, 3.63) is 35.6 Å². The Morgan fingerprint density at radius 2 is 1.88 bits per heavy atom. The predicted octanol–water partition coefficient (Wildman–Crippen LogP) is -0.524. The summed E-state index contributed by atoms with van der Waals surface area (Å²) in [6.45, 7) is 0. The lowest BCUT2D eigenvalue weighted by Gasteiger charge is -2.08. The zero-order chi connectivity index (χ0) is 12.6. The third-order valence-corrected chi connectivity index (χ3v) is 2.75. The summed E-state index contributed by atoms with van der Waals surface area (Å²) in [5.41, 5.74) is 9.53. The van der Waals surface area contributed by atoms with Crippen molar-refractivity contribution >= 4 is 11.8 Å². The van der Waals surface area contributed by atoms with Crippen molar-refractivity contribution in [3.8, 4) is 0 Å². The average molecular weight is 238 g/mol. The molecule has 1 aliphatic heterocycles. The van der Waals surface area contributed by atoms with Crippen molar-refractivity contribution in [2.75, 3.05) is 0 Å².